The predicted octanol–water partition coefficient (Wildman–Crippen LogP) is 3.82. The van der Waals surface area contributed by atoms with Crippen molar-refractivity contribution in [2.24, 2.45) is 0 Å². The van der Waals surface area contributed by atoms with E-state index in [2.05, 4.69) is 9.88 Å². The number of piperazine rings is 1. The summed E-state index contributed by atoms with van der Waals surface area (Å²) in [5.74, 6) is -0.213. The van der Waals surface area contributed by atoms with Crippen LogP contribution in [0, 0.1) is 12.7 Å². The van der Waals surface area contributed by atoms with Gasteiger partial charge in [0.1, 0.15) is 5.82 Å². The van der Waals surface area contributed by atoms with Crippen LogP contribution in [0.5, 0.6) is 0 Å². The number of likely N-dealkylation sites (tertiary alicyclic amines) is 1. The molecule has 0 aliphatic carbocycles. The number of hydrogen-bond donors (Lipinski definition) is 0. The molecule has 2 aliphatic heterocycles. The molecule has 36 heavy (non-hydrogen) atoms. The Kier molecular flexibility index (Phi) is 5.81. The maximum Gasteiger partial charge on any atom is 0.282 e. The molecule has 2 amide bonds. The first-order valence-electron chi connectivity index (χ1n) is 12.1. The molecule has 9 heteroatoms. The largest absolute Gasteiger partial charge is 0.335 e. The Morgan fingerprint density at radius 1 is 0.944 bits per heavy atom. The van der Waals surface area contributed by atoms with Crippen molar-refractivity contribution >= 4 is 34.1 Å². The summed E-state index contributed by atoms with van der Waals surface area (Å²) in [6, 6.07) is 14.4. The molecule has 0 N–H and O–H groups in total. The van der Waals surface area contributed by atoms with E-state index in [1.54, 1.807) is 18.3 Å². The lowest BCUT2D eigenvalue weighted by Crippen LogP contribution is -2.64. The highest BCUT2D eigenvalue weighted by Gasteiger charge is 2.37. The van der Waals surface area contributed by atoms with Crippen molar-refractivity contribution in [1.82, 2.24) is 24.3 Å². The maximum absolute atomic E-state index is 13.3. The lowest BCUT2D eigenvalue weighted by Gasteiger charge is -2.48. The van der Waals surface area contributed by atoms with E-state index in [-0.39, 0.29) is 17.6 Å². The number of fused-ring (bicyclic) bond motifs is 1. The Hall–Kier alpha value is -3.56. The molecule has 0 radical (unpaired) electrons. The minimum absolute atomic E-state index is 0.0156. The van der Waals surface area contributed by atoms with E-state index in [1.165, 1.54) is 23.5 Å². The Balaban J connectivity index is 1.05. The zero-order valence-electron chi connectivity index (χ0n) is 19.9. The van der Waals surface area contributed by atoms with Gasteiger partial charge in [-0.15, -0.1) is 11.3 Å². The van der Waals surface area contributed by atoms with Crippen molar-refractivity contribution in [3.8, 4) is 5.69 Å². The number of aromatic nitrogens is 2. The molecule has 2 saturated heterocycles. The van der Waals surface area contributed by atoms with Gasteiger partial charge in [0, 0.05) is 79.2 Å². The van der Waals surface area contributed by atoms with E-state index in [9.17, 15) is 14.0 Å². The molecular formula is C27H26FN5O2S. The van der Waals surface area contributed by atoms with Crippen LogP contribution in [0.15, 0.2) is 60.9 Å². The van der Waals surface area contributed by atoms with Crippen molar-refractivity contribution in [2.45, 2.75) is 13.0 Å². The van der Waals surface area contributed by atoms with Gasteiger partial charge in [-0.3, -0.25) is 14.5 Å². The Morgan fingerprint density at radius 3 is 2.39 bits per heavy atom. The molecule has 7 nitrogen and oxygen atoms in total. The smallest absolute Gasteiger partial charge is 0.282 e. The SMILES string of the molecule is Cc1cnc(C(=O)N2CCN(C3CN(C(=O)c4ccc5c(ccn5-c5ccc(F)cc5)c4)C3)CC2)s1. The van der Waals surface area contributed by atoms with Crippen molar-refractivity contribution in [3.63, 3.8) is 0 Å². The van der Waals surface area contributed by atoms with Gasteiger partial charge in [-0.25, -0.2) is 9.37 Å². The fourth-order valence-electron chi connectivity index (χ4n) is 5.02. The van der Waals surface area contributed by atoms with Crippen LogP contribution in [0.3, 0.4) is 0 Å². The van der Waals surface area contributed by atoms with E-state index >= 15 is 0 Å². The normalized spacial score (nSPS) is 16.9. The highest BCUT2D eigenvalue weighted by Crippen LogP contribution is 2.25. The molecule has 0 bridgehead atoms. The van der Waals surface area contributed by atoms with Crippen LogP contribution in [0.4, 0.5) is 4.39 Å². The van der Waals surface area contributed by atoms with Gasteiger partial charge in [0.25, 0.3) is 11.8 Å². The molecule has 0 spiro atoms. The van der Waals surface area contributed by atoms with E-state index in [4.69, 9.17) is 0 Å². The number of carbonyl (C=O) groups is 2. The molecule has 2 aromatic heterocycles. The summed E-state index contributed by atoms with van der Waals surface area (Å²) in [7, 11) is 0. The first-order chi connectivity index (χ1) is 17.5. The van der Waals surface area contributed by atoms with Gasteiger partial charge >= 0.3 is 0 Å². The van der Waals surface area contributed by atoms with Gasteiger partial charge in [0.15, 0.2) is 5.01 Å². The lowest BCUT2D eigenvalue weighted by molar-refractivity contribution is 0.00854. The van der Waals surface area contributed by atoms with Crippen LogP contribution < -0.4 is 0 Å². The lowest BCUT2D eigenvalue weighted by atomic mass is 10.0. The van der Waals surface area contributed by atoms with Crippen LogP contribution in [0.25, 0.3) is 16.6 Å². The second kappa shape index (κ2) is 9.15. The molecule has 0 atom stereocenters. The number of thiazole rings is 1. The number of aryl methyl sites for hydroxylation is 1. The van der Waals surface area contributed by atoms with Crippen LogP contribution >= 0.6 is 11.3 Å². The molecule has 0 unspecified atom stereocenters. The third kappa shape index (κ3) is 4.18. The number of amides is 2. The first-order valence-corrected chi connectivity index (χ1v) is 12.9. The number of carbonyl (C=O) groups excluding carboxylic acids is 2. The molecule has 4 heterocycles. The molecule has 0 saturated carbocycles. The maximum atomic E-state index is 13.3. The van der Waals surface area contributed by atoms with Crippen molar-refractivity contribution in [1.29, 1.82) is 0 Å². The average Bonchev–Trinajstić information content (AvgIpc) is 3.49. The molecule has 2 aliphatic rings. The van der Waals surface area contributed by atoms with Gasteiger partial charge < -0.3 is 14.4 Å². The second-order valence-corrected chi connectivity index (χ2v) is 10.6. The van der Waals surface area contributed by atoms with Crippen molar-refractivity contribution in [3.05, 3.63) is 82.2 Å². The first kappa shape index (κ1) is 22.9. The standard InChI is InChI=1S/C27H26FN5O2S/c1-18-15-29-25(36-18)27(35)31-12-10-30(11-13-31)23-16-32(17-23)26(34)20-2-7-24-19(14-20)8-9-33(24)22-5-3-21(28)4-6-22/h2-9,14-15,23H,10-13,16-17H2,1H3. The zero-order chi connectivity index (χ0) is 24.8. The van der Waals surface area contributed by atoms with E-state index in [0.29, 0.717) is 42.8 Å². The summed E-state index contributed by atoms with van der Waals surface area (Å²) >= 11 is 1.44. The summed E-state index contributed by atoms with van der Waals surface area (Å²) in [6.07, 6.45) is 3.68. The molecule has 2 fully saturated rings. The summed E-state index contributed by atoms with van der Waals surface area (Å²) in [4.78, 5) is 37.2. The molecule has 184 valence electrons. The Morgan fingerprint density at radius 2 is 1.69 bits per heavy atom. The minimum atomic E-state index is -0.267. The number of benzene rings is 2. The van der Waals surface area contributed by atoms with Gasteiger partial charge in [-0.05, 0) is 55.5 Å². The van der Waals surface area contributed by atoms with Gasteiger partial charge in [-0.1, -0.05) is 0 Å². The second-order valence-electron chi connectivity index (χ2n) is 9.40. The quantitative estimate of drug-likeness (QED) is 0.425. The van der Waals surface area contributed by atoms with Gasteiger partial charge in [0.05, 0.1) is 5.52 Å². The molecule has 6 rings (SSSR count). The van der Waals surface area contributed by atoms with Crippen LogP contribution in [0.2, 0.25) is 0 Å². The van der Waals surface area contributed by atoms with Crippen LogP contribution in [-0.4, -0.2) is 81.4 Å². The number of halogens is 1. The summed E-state index contributed by atoms with van der Waals surface area (Å²) < 4.78 is 15.3. The van der Waals surface area contributed by atoms with Gasteiger partial charge in [-0.2, -0.15) is 0 Å². The highest BCUT2D eigenvalue weighted by molar-refractivity contribution is 7.13. The minimum Gasteiger partial charge on any atom is -0.335 e. The summed E-state index contributed by atoms with van der Waals surface area (Å²) in [6.45, 7) is 6.35. The Bertz CT molecular complexity index is 1430. The zero-order valence-corrected chi connectivity index (χ0v) is 20.7. The predicted molar refractivity (Wildman–Crippen MR) is 137 cm³/mol. The van der Waals surface area contributed by atoms with Crippen LogP contribution in [-0.2, 0) is 0 Å². The van der Waals surface area contributed by atoms with E-state index < -0.39 is 0 Å². The molecule has 2 aromatic carbocycles. The summed E-state index contributed by atoms with van der Waals surface area (Å²) in [5, 5.41) is 1.53. The average molecular weight is 504 g/mol. The number of rotatable bonds is 4. The van der Waals surface area contributed by atoms with E-state index in [0.717, 1.165) is 34.6 Å². The third-order valence-electron chi connectivity index (χ3n) is 7.11. The van der Waals surface area contributed by atoms with Crippen molar-refractivity contribution in [2.75, 3.05) is 39.3 Å². The van der Waals surface area contributed by atoms with Crippen molar-refractivity contribution < 1.29 is 14.0 Å². The molecule has 4 aromatic rings. The summed E-state index contributed by atoms with van der Waals surface area (Å²) in [5.41, 5.74) is 2.52. The topological polar surface area (TPSA) is 61.7 Å². The fraction of sp³-hybridized carbons (Fsp3) is 0.296. The third-order valence-corrected chi connectivity index (χ3v) is 8.01. The highest BCUT2D eigenvalue weighted by atomic mass is 32.1. The molecular weight excluding hydrogens is 477 g/mol. The number of nitrogens with zero attached hydrogens (tertiary/aromatic N) is 5. The monoisotopic (exact) mass is 503 g/mol. The van der Waals surface area contributed by atoms with Crippen LogP contribution in [0.1, 0.15) is 25.0 Å². The number of hydrogen-bond acceptors (Lipinski definition) is 5. The Labute approximate surface area is 212 Å². The van der Waals surface area contributed by atoms with Gasteiger partial charge in [0.2, 0.25) is 0 Å². The fourth-order valence-corrected chi connectivity index (χ4v) is 5.75. The van der Waals surface area contributed by atoms with E-state index in [1.807, 2.05) is 51.8 Å².